The van der Waals surface area contributed by atoms with Crippen LogP contribution in [0.5, 0.6) is 0 Å². The molecule has 0 aromatic heterocycles. The van der Waals surface area contributed by atoms with Gasteiger partial charge < -0.3 is 4.90 Å². The van der Waals surface area contributed by atoms with Gasteiger partial charge in [0.15, 0.2) is 0 Å². The first-order valence-corrected chi connectivity index (χ1v) is 14.9. The second kappa shape index (κ2) is 25.3. The van der Waals surface area contributed by atoms with Gasteiger partial charge in [0.2, 0.25) is 11.6 Å². The van der Waals surface area contributed by atoms with Crippen molar-refractivity contribution in [2.45, 2.75) is 110 Å². The summed E-state index contributed by atoms with van der Waals surface area (Å²) in [6, 6.07) is 17.2. The monoisotopic (exact) mass is 543 g/mol. The van der Waals surface area contributed by atoms with Crippen LogP contribution in [0.25, 0.3) is 0 Å². The lowest BCUT2D eigenvalue weighted by Crippen LogP contribution is -2.14. The minimum absolute atomic E-state index is 0. The van der Waals surface area contributed by atoms with E-state index in [1.807, 2.05) is 12.1 Å². The Morgan fingerprint density at radius 2 is 0.789 bits per heavy atom. The Morgan fingerprint density at radius 1 is 0.500 bits per heavy atom. The lowest BCUT2D eigenvalue weighted by atomic mass is 10.0. The molecule has 0 amide bonds. The fourth-order valence-electron chi connectivity index (χ4n) is 4.42. The molecule has 4 heteroatoms. The molecule has 0 fully saturated rings. The van der Waals surface area contributed by atoms with E-state index in [0.29, 0.717) is 11.1 Å². The van der Waals surface area contributed by atoms with Gasteiger partial charge in [-0.05, 0) is 27.1 Å². The highest BCUT2D eigenvalue weighted by Gasteiger charge is 2.17. The molecule has 0 unspecified atom stereocenters. The summed E-state index contributed by atoms with van der Waals surface area (Å²) >= 11 is 0. The van der Waals surface area contributed by atoms with Gasteiger partial charge in [0.1, 0.15) is 0 Å². The minimum atomic E-state index is -0.466. The van der Waals surface area contributed by atoms with Gasteiger partial charge in [-0.25, -0.2) is 0 Å². The van der Waals surface area contributed by atoms with E-state index in [9.17, 15) is 9.59 Å². The summed E-state index contributed by atoms with van der Waals surface area (Å²) in [4.78, 5) is 25.9. The number of unbranched alkanes of at least 4 members (excludes halogenated alkanes) is 15. The number of nitrogens with zero attached hydrogens (tertiary/aromatic N) is 1. The Bertz CT molecular complexity index is 758. The molecule has 2 aromatic rings. The van der Waals surface area contributed by atoms with E-state index in [2.05, 4.69) is 25.9 Å². The molecule has 3 nitrogen and oxygen atoms in total. The molecule has 0 aliphatic heterocycles. The molecular weight excluding hydrogens is 490 g/mol. The fraction of sp³-hybridized carbons (Fsp3) is 0.588. The van der Waals surface area contributed by atoms with Crippen LogP contribution in [-0.2, 0) is 0 Å². The van der Waals surface area contributed by atoms with Gasteiger partial charge in [-0.2, -0.15) is 0 Å². The molecule has 214 valence electrons. The van der Waals surface area contributed by atoms with E-state index in [-0.39, 0.29) is 12.4 Å². The lowest BCUT2D eigenvalue weighted by molar-refractivity contribution is 0.0817. The first kappa shape index (κ1) is 36.0. The maximum absolute atomic E-state index is 11.8. The number of halogens is 1. The molecule has 0 aliphatic carbocycles. The third-order valence-corrected chi connectivity index (χ3v) is 6.74. The van der Waals surface area contributed by atoms with Crippen LogP contribution in [0.3, 0.4) is 0 Å². The summed E-state index contributed by atoms with van der Waals surface area (Å²) in [6.07, 6.45) is 23.3. The second-order valence-electron chi connectivity index (χ2n) is 10.5. The highest BCUT2D eigenvalue weighted by molar-refractivity contribution is 6.49. The highest BCUT2D eigenvalue weighted by atomic mass is 35.5. The number of ketones is 2. The van der Waals surface area contributed by atoms with Crippen LogP contribution in [0.4, 0.5) is 0 Å². The second-order valence-corrected chi connectivity index (χ2v) is 10.5. The largest absolute Gasteiger partial charge is 0.309 e. The first-order chi connectivity index (χ1) is 18.1. The van der Waals surface area contributed by atoms with Gasteiger partial charge in [-0.1, -0.05) is 164 Å². The van der Waals surface area contributed by atoms with E-state index in [4.69, 9.17) is 0 Å². The predicted molar refractivity (Wildman–Crippen MR) is 167 cm³/mol. The molecule has 0 heterocycles. The topological polar surface area (TPSA) is 37.4 Å². The zero-order chi connectivity index (χ0) is 27.0. The Balaban J connectivity index is 0.000000721. The van der Waals surface area contributed by atoms with Crippen LogP contribution in [0.1, 0.15) is 130 Å². The van der Waals surface area contributed by atoms with E-state index in [1.54, 1.807) is 48.5 Å². The third kappa shape index (κ3) is 19.2. The molecule has 0 atom stereocenters. The van der Waals surface area contributed by atoms with Gasteiger partial charge in [0, 0.05) is 11.1 Å². The van der Waals surface area contributed by atoms with E-state index in [0.717, 1.165) is 0 Å². The summed E-state index contributed by atoms with van der Waals surface area (Å²) in [7, 11) is 4.34. The predicted octanol–water partition coefficient (Wildman–Crippen LogP) is 9.98. The van der Waals surface area contributed by atoms with Crippen molar-refractivity contribution in [2.24, 2.45) is 0 Å². The first-order valence-electron chi connectivity index (χ1n) is 14.9. The zero-order valence-electron chi connectivity index (χ0n) is 24.5. The molecule has 2 rings (SSSR count). The van der Waals surface area contributed by atoms with Crippen molar-refractivity contribution >= 4 is 24.0 Å². The molecule has 0 saturated heterocycles. The van der Waals surface area contributed by atoms with Crippen LogP contribution in [0, 0.1) is 0 Å². The quantitative estimate of drug-likeness (QED) is 0.0946. The van der Waals surface area contributed by atoms with Gasteiger partial charge in [0.25, 0.3) is 0 Å². The standard InChI is InChI=1S/C20H43N.C14H10O2.ClH/c1-4-5-6-7-8-9-10-11-12-13-14-15-16-17-18-19-20-21(2)3;15-13(11-7-3-1-4-8-11)14(16)12-9-5-2-6-10-12;/h4-20H2,1-3H3;1-10H;1H. The highest BCUT2D eigenvalue weighted by Crippen LogP contribution is 2.13. The summed E-state index contributed by atoms with van der Waals surface area (Å²) in [5.41, 5.74) is 0.854. The number of carbonyl (C=O) groups is 2. The SMILES string of the molecule is CCCCCCCCCCCCCCCCCCN(C)C.Cl.O=C(C(=O)c1ccccc1)c1ccccc1. The Labute approximate surface area is 240 Å². The smallest absolute Gasteiger partial charge is 0.233 e. The van der Waals surface area contributed by atoms with Crippen LogP contribution in [0.15, 0.2) is 60.7 Å². The van der Waals surface area contributed by atoms with E-state index in [1.165, 1.54) is 109 Å². The summed E-state index contributed by atoms with van der Waals surface area (Å²) in [5, 5.41) is 0. The molecule has 0 spiro atoms. The van der Waals surface area contributed by atoms with E-state index < -0.39 is 11.6 Å². The summed E-state index contributed by atoms with van der Waals surface area (Å²) in [6.45, 7) is 3.56. The Kier molecular flexibility index (Phi) is 24.0. The lowest BCUT2D eigenvalue weighted by Gasteiger charge is -2.08. The summed E-state index contributed by atoms with van der Waals surface area (Å²) < 4.78 is 0. The van der Waals surface area contributed by atoms with Crippen molar-refractivity contribution in [1.82, 2.24) is 4.90 Å². The average molecular weight is 544 g/mol. The van der Waals surface area contributed by atoms with Gasteiger partial charge in [0.05, 0.1) is 0 Å². The van der Waals surface area contributed by atoms with Gasteiger partial charge in [-0.15, -0.1) is 12.4 Å². The van der Waals surface area contributed by atoms with E-state index >= 15 is 0 Å². The maximum atomic E-state index is 11.8. The molecule has 38 heavy (non-hydrogen) atoms. The number of hydrogen-bond acceptors (Lipinski definition) is 3. The number of rotatable bonds is 20. The van der Waals surface area contributed by atoms with Crippen molar-refractivity contribution in [2.75, 3.05) is 20.6 Å². The van der Waals surface area contributed by atoms with Gasteiger partial charge in [-0.3, -0.25) is 9.59 Å². The van der Waals surface area contributed by atoms with Crippen molar-refractivity contribution in [3.05, 3.63) is 71.8 Å². The Morgan fingerprint density at radius 3 is 1.08 bits per heavy atom. The van der Waals surface area contributed by atoms with Crippen LogP contribution < -0.4 is 0 Å². The molecule has 0 aliphatic rings. The van der Waals surface area contributed by atoms with Crippen molar-refractivity contribution in [1.29, 1.82) is 0 Å². The molecule has 2 aromatic carbocycles. The van der Waals surface area contributed by atoms with Crippen LogP contribution >= 0.6 is 12.4 Å². The molecule has 0 saturated carbocycles. The van der Waals surface area contributed by atoms with Crippen molar-refractivity contribution in [3.8, 4) is 0 Å². The third-order valence-electron chi connectivity index (χ3n) is 6.74. The van der Waals surface area contributed by atoms with Crippen molar-refractivity contribution in [3.63, 3.8) is 0 Å². The van der Waals surface area contributed by atoms with Gasteiger partial charge >= 0.3 is 0 Å². The average Bonchev–Trinajstić information content (AvgIpc) is 2.93. The Hall–Kier alpha value is -1.97. The minimum Gasteiger partial charge on any atom is -0.309 e. The maximum Gasteiger partial charge on any atom is 0.233 e. The van der Waals surface area contributed by atoms with Crippen LogP contribution in [-0.4, -0.2) is 37.1 Å². The molecule has 0 bridgehead atoms. The molecule has 0 radical (unpaired) electrons. The molecule has 0 N–H and O–H groups in total. The molecular formula is C34H54ClNO2. The van der Waals surface area contributed by atoms with Crippen molar-refractivity contribution < 1.29 is 9.59 Å². The van der Waals surface area contributed by atoms with Crippen LogP contribution in [0.2, 0.25) is 0 Å². The zero-order valence-corrected chi connectivity index (χ0v) is 25.3. The fourth-order valence-corrected chi connectivity index (χ4v) is 4.42. The normalized spacial score (nSPS) is 10.4. The number of Topliss-reactive ketones (excluding diaryl/α,β-unsaturated/α-hetero) is 2. The summed E-state index contributed by atoms with van der Waals surface area (Å²) in [5.74, 6) is -0.932. The number of benzene rings is 2. The number of carbonyl (C=O) groups excluding carboxylic acids is 2. The number of hydrogen-bond donors (Lipinski definition) is 0.